The van der Waals surface area contributed by atoms with Crippen molar-refractivity contribution in [3.05, 3.63) is 0 Å². The van der Waals surface area contributed by atoms with E-state index >= 15 is 0 Å². The van der Waals surface area contributed by atoms with Gasteiger partial charge in [-0.05, 0) is 38.6 Å². The van der Waals surface area contributed by atoms with Crippen LogP contribution in [-0.4, -0.2) is 88.4 Å². The van der Waals surface area contributed by atoms with Crippen molar-refractivity contribution in [1.82, 2.24) is 15.5 Å². The molecule has 4 unspecified atom stereocenters. The van der Waals surface area contributed by atoms with Crippen LogP contribution < -0.4 is 22.1 Å². The maximum Gasteiger partial charge on any atom is 0.326 e. The van der Waals surface area contributed by atoms with Crippen molar-refractivity contribution < 1.29 is 29.4 Å². The monoisotopic (exact) mass is 433 g/mol. The van der Waals surface area contributed by atoms with Gasteiger partial charge in [0.2, 0.25) is 17.7 Å². The highest BCUT2D eigenvalue weighted by molar-refractivity contribution is 7.80. The molecule has 12 heteroatoms. The Hall–Kier alpha value is -1.89. The van der Waals surface area contributed by atoms with E-state index in [9.17, 15) is 24.3 Å². The molecule has 0 radical (unpaired) electrons. The SMILES string of the molecule is NCCCCC(NC(=O)C(CS)NC(=O)C(N)CO)C(=O)N1CCCC1C(=O)O. The first-order valence-corrected chi connectivity index (χ1v) is 10.2. The minimum Gasteiger partial charge on any atom is -0.480 e. The highest BCUT2D eigenvalue weighted by Gasteiger charge is 2.38. The van der Waals surface area contributed by atoms with E-state index in [0.29, 0.717) is 38.8 Å². The number of hydrogen-bond acceptors (Lipinski definition) is 8. The highest BCUT2D eigenvalue weighted by Crippen LogP contribution is 2.20. The minimum atomic E-state index is -1.19. The normalized spacial score (nSPS) is 19.3. The van der Waals surface area contributed by atoms with Gasteiger partial charge in [0.1, 0.15) is 24.2 Å². The Morgan fingerprint density at radius 3 is 2.34 bits per heavy atom. The standard InChI is InChI=1S/C17H31N5O6S/c18-6-2-1-4-11(16(26)22-7-3-5-13(22)17(27)28)20-15(25)12(9-29)21-14(24)10(19)8-23/h10-13,23,29H,1-9,18-19H2,(H,20,25)(H,21,24)(H,27,28). The lowest BCUT2D eigenvalue weighted by atomic mass is 10.1. The third-order valence-electron chi connectivity index (χ3n) is 4.73. The van der Waals surface area contributed by atoms with Crippen molar-refractivity contribution in [2.24, 2.45) is 11.5 Å². The number of nitrogens with one attached hydrogen (secondary N) is 2. The summed E-state index contributed by atoms with van der Waals surface area (Å²) in [5, 5.41) is 23.2. The molecule has 1 aliphatic rings. The Morgan fingerprint density at radius 2 is 1.79 bits per heavy atom. The maximum absolute atomic E-state index is 12.9. The van der Waals surface area contributed by atoms with Gasteiger partial charge in [0, 0.05) is 12.3 Å². The average molecular weight is 434 g/mol. The summed E-state index contributed by atoms with van der Waals surface area (Å²) in [6.07, 6.45) is 2.42. The predicted octanol–water partition coefficient (Wildman–Crippen LogP) is -2.59. The number of carbonyl (C=O) groups excluding carboxylic acids is 3. The summed E-state index contributed by atoms with van der Waals surface area (Å²) in [7, 11) is 0. The number of hydrogen-bond donors (Lipinski definition) is 7. The second kappa shape index (κ2) is 12.6. The number of amides is 3. The number of likely N-dealkylation sites (tertiary alicyclic amines) is 1. The van der Waals surface area contributed by atoms with Gasteiger partial charge >= 0.3 is 5.97 Å². The summed E-state index contributed by atoms with van der Waals surface area (Å²) in [5.74, 6) is -2.98. The number of nitrogens with two attached hydrogens (primary N) is 2. The molecule has 0 bridgehead atoms. The van der Waals surface area contributed by atoms with Crippen molar-refractivity contribution >= 4 is 36.3 Å². The summed E-state index contributed by atoms with van der Waals surface area (Å²) in [5.41, 5.74) is 10.9. The van der Waals surface area contributed by atoms with E-state index in [1.807, 2.05) is 0 Å². The van der Waals surface area contributed by atoms with Gasteiger partial charge in [-0.1, -0.05) is 0 Å². The Kier molecular flexibility index (Phi) is 10.9. The fourth-order valence-corrected chi connectivity index (χ4v) is 3.32. The molecule has 4 atom stereocenters. The molecule has 0 aromatic carbocycles. The van der Waals surface area contributed by atoms with Gasteiger partial charge in [-0.15, -0.1) is 0 Å². The summed E-state index contributed by atoms with van der Waals surface area (Å²) >= 11 is 4.05. The van der Waals surface area contributed by atoms with E-state index in [1.54, 1.807) is 0 Å². The van der Waals surface area contributed by atoms with Crippen LogP contribution >= 0.6 is 12.6 Å². The minimum absolute atomic E-state index is 0.0547. The number of carbonyl (C=O) groups is 4. The smallest absolute Gasteiger partial charge is 0.326 e. The molecule has 1 saturated heterocycles. The van der Waals surface area contributed by atoms with Crippen LogP contribution in [-0.2, 0) is 19.2 Å². The van der Waals surface area contributed by atoms with Crippen molar-refractivity contribution in [2.45, 2.75) is 56.3 Å². The number of carboxylic acids is 1. The van der Waals surface area contributed by atoms with Gasteiger partial charge in [-0.25, -0.2) is 4.79 Å². The molecule has 0 aromatic heterocycles. The number of rotatable bonds is 12. The van der Waals surface area contributed by atoms with Gasteiger partial charge in [0.15, 0.2) is 0 Å². The fraction of sp³-hybridized carbons (Fsp3) is 0.765. The zero-order chi connectivity index (χ0) is 22.0. The molecule has 3 amide bonds. The second-order valence-electron chi connectivity index (χ2n) is 6.91. The van der Waals surface area contributed by atoms with Crippen LogP contribution in [0.3, 0.4) is 0 Å². The Bertz CT molecular complexity index is 593. The molecule has 1 aliphatic heterocycles. The second-order valence-corrected chi connectivity index (χ2v) is 7.27. The first-order chi connectivity index (χ1) is 13.8. The third kappa shape index (κ3) is 7.46. The van der Waals surface area contributed by atoms with Crippen LogP contribution in [0.15, 0.2) is 0 Å². The molecule has 0 aliphatic carbocycles. The van der Waals surface area contributed by atoms with Gasteiger partial charge in [-0.2, -0.15) is 12.6 Å². The molecule has 11 nitrogen and oxygen atoms in total. The molecule has 0 aromatic rings. The van der Waals surface area contributed by atoms with Crippen molar-refractivity contribution in [3.8, 4) is 0 Å². The Balaban J connectivity index is 2.87. The number of carboxylic acid groups (broad SMARTS) is 1. The molecule has 0 saturated carbocycles. The number of aliphatic hydroxyl groups excluding tert-OH is 1. The molecule has 8 N–H and O–H groups in total. The van der Waals surface area contributed by atoms with E-state index in [0.717, 1.165) is 0 Å². The zero-order valence-corrected chi connectivity index (χ0v) is 17.1. The number of aliphatic carboxylic acids is 1. The van der Waals surface area contributed by atoms with E-state index in [1.165, 1.54) is 4.90 Å². The van der Waals surface area contributed by atoms with Crippen LogP contribution in [0.4, 0.5) is 0 Å². The highest BCUT2D eigenvalue weighted by atomic mass is 32.1. The Morgan fingerprint density at radius 1 is 1.14 bits per heavy atom. The van der Waals surface area contributed by atoms with Crippen LogP contribution in [0.1, 0.15) is 32.1 Å². The van der Waals surface area contributed by atoms with Crippen molar-refractivity contribution in [3.63, 3.8) is 0 Å². The van der Waals surface area contributed by atoms with Gasteiger partial charge in [0.25, 0.3) is 0 Å². The molecule has 29 heavy (non-hydrogen) atoms. The molecular weight excluding hydrogens is 402 g/mol. The first kappa shape index (κ1) is 25.1. The van der Waals surface area contributed by atoms with E-state index in [2.05, 4.69) is 23.3 Å². The summed E-state index contributed by atoms with van der Waals surface area (Å²) < 4.78 is 0. The first-order valence-electron chi connectivity index (χ1n) is 9.58. The van der Waals surface area contributed by atoms with Gasteiger partial charge in [0.05, 0.1) is 6.61 Å². The van der Waals surface area contributed by atoms with Crippen LogP contribution in [0.5, 0.6) is 0 Å². The van der Waals surface area contributed by atoms with Crippen LogP contribution in [0, 0.1) is 0 Å². The van der Waals surface area contributed by atoms with Crippen molar-refractivity contribution in [2.75, 3.05) is 25.4 Å². The van der Waals surface area contributed by atoms with E-state index in [4.69, 9.17) is 16.6 Å². The maximum atomic E-state index is 12.9. The quantitative estimate of drug-likeness (QED) is 0.129. The number of nitrogens with zero attached hydrogens (tertiary/aromatic N) is 1. The molecule has 1 rings (SSSR count). The van der Waals surface area contributed by atoms with Crippen molar-refractivity contribution in [1.29, 1.82) is 0 Å². The number of thiol groups is 1. The summed E-state index contributed by atoms with van der Waals surface area (Å²) in [4.78, 5) is 50.1. The molecule has 0 spiro atoms. The molecule has 1 heterocycles. The van der Waals surface area contributed by atoms with E-state index < -0.39 is 54.5 Å². The lowest BCUT2D eigenvalue weighted by Crippen LogP contribution is -2.58. The average Bonchev–Trinajstić information content (AvgIpc) is 3.20. The number of unbranched alkanes of at least 4 members (excludes halogenated alkanes) is 1. The topological polar surface area (TPSA) is 188 Å². The summed E-state index contributed by atoms with van der Waals surface area (Å²) in [6.45, 7) is 0.139. The Labute approximate surface area is 175 Å². The predicted molar refractivity (Wildman–Crippen MR) is 108 cm³/mol. The zero-order valence-electron chi connectivity index (χ0n) is 16.2. The lowest BCUT2D eigenvalue weighted by Gasteiger charge is -2.28. The third-order valence-corrected chi connectivity index (χ3v) is 5.10. The summed E-state index contributed by atoms with van der Waals surface area (Å²) in [6, 6.07) is -4.12. The molecule has 166 valence electrons. The lowest BCUT2D eigenvalue weighted by molar-refractivity contribution is -0.149. The molecule has 1 fully saturated rings. The van der Waals surface area contributed by atoms with Crippen LogP contribution in [0.25, 0.3) is 0 Å². The van der Waals surface area contributed by atoms with Gasteiger partial charge in [-0.3, -0.25) is 14.4 Å². The number of aliphatic hydroxyl groups is 1. The van der Waals surface area contributed by atoms with Gasteiger partial charge < -0.3 is 37.2 Å². The molecular formula is C17H31N5O6S. The van der Waals surface area contributed by atoms with E-state index in [-0.39, 0.29) is 12.2 Å². The fourth-order valence-electron chi connectivity index (χ4n) is 3.07. The van der Waals surface area contributed by atoms with Crippen LogP contribution in [0.2, 0.25) is 0 Å². The largest absolute Gasteiger partial charge is 0.480 e.